The summed E-state index contributed by atoms with van der Waals surface area (Å²) in [6, 6.07) is 12.4. The lowest BCUT2D eigenvalue weighted by Crippen LogP contribution is -2.18. The summed E-state index contributed by atoms with van der Waals surface area (Å²) in [7, 11) is 2.90. The number of hydrogen-bond acceptors (Lipinski definition) is 3. The molecule has 0 saturated heterocycles. The minimum absolute atomic E-state index is 0.401. The lowest BCUT2D eigenvalue weighted by molar-refractivity contribution is -0.141. The molecule has 3 aromatic rings. The number of hydrogen-bond donors (Lipinski definition) is 1. The minimum Gasteiger partial charge on any atom is -0.497 e. The van der Waals surface area contributed by atoms with Crippen molar-refractivity contribution in [1.29, 1.82) is 0 Å². The van der Waals surface area contributed by atoms with Crippen LogP contribution in [0.5, 0.6) is 5.75 Å². The highest BCUT2D eigenvalue weighted by molar-refractivity contribution is 6.07. The summed E-state index contributed by atoms with van der Waals surface area (Å²) < 4.78 is 45.7. The Balaban J connectivity index is 1.98. The summed E-state index contributed by atoms with van der Waals surface area (Å²) in [4.78, 5) is 12.6. The van der Waals surface area contributed by atoms with Gasteiger partial charge in [0, 0.05) is 24.5 Å². The third kappa shape index (κ3) is 3.85. The molecule has 0 radical (unpaired) electrons. The average molecular weight is 389 g/mol. The van der Waals surface area contributed by atoms with Gasteiger partial charge in [0.05, 0.1) is 12.7 Å². The van der Waals surface area contributed by atoms with Crippen LogP contribution in [0.3, 0.4) is 0 Å². The van der Waals surface area contributed by atoms with Crippen LogP contribution in [0, 0.1) is 6.92 Å². The largest absolute Gasteiger partial charge is 0.497 e. The Bertz CT molecular complexity index is 1030. The van der Waals surface area contributed by atoms with Crippen molar-refractivity contribution in [3.8, 4) is 16.9 Å². The van der Waals surface area contributed by atoms with Gasteiger partial charge in [-0.25, -0.2) is 0 Å². The Morgan fingerprint density at radius 1 is 1.14 bits per heavy atom. The number of carbonyl (C=O) groups is 1. The molecule has 0 aliphatic heterocycles. The van der Waals surface area contributed by atoms with Gasteiger partial charge in [-0.3, -0.25) is 9.48 Å². The highest BCUT2D eigenvalue weighted by Crippen LogP contribution is 2.34. The quantitative estimate of drug-likeness (QED) is 0.705. The molecular formula is C20H18F3N3O2. The molecule has 28 heavy (non-hydrogen) atoms. The zero-order chi connectivity index (χ0) is 20.5. The van der Waals surface area contributed by atoms with Crippen LogP contribution in [0.25, 0.3) is 11.1 Å². The van der Waals surface area contributed by atoms with Crippen molar-refractivity contribution >= 4 is 11.6 Å². The van der Waals surface area contributed by atoms with Gasteiger partial charge in [0.25, 0.3) is 5.91 Å². The fourth-order valence-electron chi connectivity index (χ4n) is 2.95. The van der Waals surface area contributed by atoms with Gasteiger partial charge >= 0.3 is 6.18 Å². The zero-order valence-corrected chi connectivity index (χ0v) is 15.5. The first kappa shape index (κ1) is 19.5. The molecule has 0 atom stereocenters. The van der Waals surface area contributed by atoms with Gasteiger partial charge < -0.3 is 10.1 Å². The first-order valence-corrected chi connectivity index (χ1v) is 8.37. The van der Waals surface area contributed by atoms with Gasteiger partial charge in [-0.2, -0.15) is 18.3 Å². The van der Waals surface area contributed by atoms with Crippen molar-refractivity contribution in [2.24, 2.45) is 7.05 Å². The second kappa shape index (κ2) is 7.38. The van der Waals surface area contributed by atoms with Crippen LogP contribution >= 0.6 is 0 Å². The first-order valence-electron chi connectivity index (χ1n) is 8.37. The van der Waals surface area contributed by atoms with Gasteiger partial charge in [-0.15, -0.1) is 0 Å². The van der Waals surface area contributed by atoms with Crippen molar-refractivity contribution in [2.45, 2.75) is 13.1 Å². The van der Waals surface area contributed by atoms with Crippen molar-refractivity contribution in [1.82, 2.24) is 9.78 Å². The number of aryl methyl sites for hydroxylation is 2. The molecule has 0 aliphatic carbocycles. The van der Waals surface area contributed by atoms with Crippen LogP contribution in [0.1, 0.15) is 21.6 Å². The second-order valence-electron chi connectivity index (χ2n) is 6.24. The van der Waals surface area contributed by atoms with Crippen molar-refractivity contribution in [2.75, 3.05) is 12.4 Å². The topological polar surface area (TPSA) is 56.1 Å². The van der Waals surface area contributed by atoms with Gasteiger partial charge in [0.1, 0.15) is 5.75 Å². The maximum atomic E-state index is 13.2. The Hall–Kier alpha value is -3.29. The van der Waals surface area contributed by atoms with E-state index in [9.17, 15) is 18.0 Å². The van der Waals surface area contributed by atoms with E-state index < -0.39 is 23.3 Å². The number of ether oxygens (including phenoxy) is 1. The molecule has 1 N–H and O–H groups in total. The SMILES string of the molecule is COc1ccc(-c2ccccc2NC(=O)c2cn(C)nc2C(F)(F)F)c(C)c1. The van der Waals surface area contributed by atoms with Crippen molar-refractivity contribution < 1.29 is 22.7 Å². The van der Waals surface area contributed by atoms with Crippen molar-refractivity contribution in [3.63, 3.8) is 0 Å². The van der Waals surface area contributed by atoms with Gasteiger partial charge in [-0.05, 0) is 36.2 Å². The molecule has 5 nitrogen and oxygen atoms in total. The molecule has 1 aromatic heterocycles. The summed E-state index contributed by atoms with van der Waals surface area (Å²) in [5, 5.41) is 5.96. The van der Waals surface area contributed by atoms with Crippen LogP contribution < -0.4 is 10.1 Å². The van der Waals surface area contributed by atoms with Gasteiger partial charge in [-0.1, -0.05) is 24.3 Å². The van der Waals surface area contributed by atoms with E-state index in [1.807, 2.05) is 19.1 Å². The molecule has 1 heterocycles. The molecule has 0 spiro atoms. The third-order valence-electron chi connectivity index (χ3n) is 4.24. The molecule has 3 rings (SSSR count). The highest BCUT2D eigenvalue weighted by atomic mass is 19.4. The first-order chi connectivity index (χ1) is 13.2. The Kier molecular flexibility index (Phi) is 5.13. The number of amides is 1. The number of rotatable bonds is 4. The van der Waals surface area contributed by atoms with E-state index >= 15 is 0 Å². The predicted molar refractivity (Wildman–Crippen MR) is 99.3 cm³/mol. The molecule has 0 fully saturated rings. The molecule has 0 saturated carbocycles. The monoisotopic (exact) mass is 389 g/mol. The molecular weight excluding hydrogens is 371 g/mol. The fraction of sp³-hybridized carbons (Fsp3) is 0.200. The van der Waals surface area contributed by atoms with E-state index in [-0.39, 0.29) is 0 Å². The Morgan fingerprint density at radius 2 is 1.86 bits per heavy atom. The number of nitrogens with one attached hydrogen (secondary N) is 1. The summed E-state index contributed by atoms with van der Waals surface area (Å²) in [6.07, 6.45) is -3.67. The van der Waals surface area contributed by atoms with Crippen LogP contribution in [0.15, 0.2) is 48.7 Å². The number of benzene rings is 2. The number of para-hydroxylation sites is 1. The number of nitrogens with zero attached hydrogens (tertiary/aromatic N) is 2. The molecule has 0 bridgehead atoms. The summed E-state index contributed by atoms with van der Waals surface area (Å²) in [5.41, 5.74) is 1.07. The smallest absolute Gasteiger partial charge is 0.435 e. The normalized spacial score (nSPS) is 11.4. The lowest BCUT2D eigenvalue weighted by atomic mass is 9.98. The third-order valence-corrected chi connectivity index (χ3v) is 4.24. The van der Waals surface area contributed by atoms with Gasteiger partial charge in [0.2, 0.25) is 0 Å². The molecule has 146 valence electrons. The predicted octanol–water partition coefficient (Wildman–Crippen LogP) is 4.68. The van der Waals surface area contributed by atoms with Crippen LogP contribution in [0.2, 0.25) is 0 Å². The van der Waals surface area contributed by atoms with E-state index in [2.05, 4.69) is 10.4 Å². The molecule has 8 heteroatoms. The minimum atomic E-state index is -4.72. The summed E-state index contributed by atoms with van der Waals surface area (Å²) in [6.45, 7) is 1.89. The number of aromatic nitrogens is 2. The average Bonchev–Trinajstić information content (AvgIpc) is 3.05. The van der Waals surface area contributed by atoms with Crippen LogP contribution in [-0.4, -0.2) is 22.8 Å². The Morgan fingerprint density at radius 3 is 2.50 bits per heavy atom. The number of carbonyl (C=O) groups excluding carboxylic acids is 1. The van der Waals surface area contributed by atoms with E-state index in [0.717, 1.165) is 22.0 Å². The fourth-order valence-corrected chi connectivity index (χ4v) is 2.95. The summed E-state index contributed by atoms with van der Waals surface area (Å²) >= 11 is 0. The van der Waals surface area contributed by atoms with E-state index in [0.29, 0.717) is 17.0 Å². The maximum Gasteiger partial charge on any atom is 0.435 e. The van der Waals surface area contributed by atoms with Gasteiger partial charge in [0.15, 0.2) is 5.69 Å². The van der Waals surface area contributed by atoms with Crippen LogP contribution in [0.4, 0.5) is 18.9 Å². The second-order valence-corrected chi connectivity index (χ2v) is 6.24. The summed E-state index contributed by atoms with van der Waals surface area (Å²) in [5.74, 6) is -0.188. The highest BCUT2D eigenvalue weighted by Gasteiger charge is 2.39. The maximum absolute atomic E-state index is 13.2. The van der Waals surface area contributed by atoms with E-state index in [1.165, 1.54) is 7.05 Å². The number of alkyl halides is 3. The Labute approximate surface area is 159 Å². The molecule has 0 unspecified atom stereocenters. The molecule has 2 aromatic carbocycles. The molecule has 1 amide bonds. The van der Waals surface area contributed by atoms with E-state index in [1.54, 1.807) is 37.4 Å². The lowest BCUT2D eigenvalue weighted by Gasteiger charge is -2.14. The standard InChI is InChI=1S/C20H18F3N3O2/c1-12-10-13(28-3)8-9-14(12)15-6-4-5-7-17(15)24-19(27)16-11-26(2)25-18(16)20(21,22)23/h4-11H,1-3H3,(H,24,27). The number of halogens is 3. The van der Waals surface area contributed by atoms with E-state index in [4.69, 9.17) is 4.74 Å². The molecule has 0 aliphatic rings. The van der Waals surface area contributed by atoms with Crippen LogP contribution in [-0.2, 0) is 13.2 Å². The van der Waals surface area contributed by atoms with Crippen molar-refractivity contribution in [3.05, 3.63) is 65.5 Å². The number of methoxy groups -OCH3 is 1. The zero-order valence-electron chi connectivity index (χ0n) is 15.5. The number of anilines is 1.